The molecule has 1 aromatic carbocycles. The number of hydrogen-bond donors (Lipinski definition) is 1. The minimum atomic E-state index is -1.35. The maximum absolute atomic E-state index is 11.4. The molecule has 0 atom stereocenters. The summed E-state index contributed by atoms with van der Waals surface area (Å²) in [5.74, 6) is 0.111. The van der Waals surface area contributed by atoms with Crippen LogP contribution in [-0.2, 0) is 11.2 Å². The fraction of sp³-hybridized carbons (Fsp3) is 0.111. The van der Waals surface area contributed by atoms with Crippen LogP contribution in [0.5, 0.6) is 0 Å². The van der Waals surface area contributed by atoms with Gasteiger partial charge in [0.1, 0.15) is 17.3 Å². The van der Waals surface area contributed by atoms with Crippen molar-refractivity contribution >= 4 is 23.8 Å². The summed E-state index contributed by atoms with van der Waals surface area (Å²) in [6, 6.07) is 12.4. The van der Waals surface area contributed by atoms with Gasteiger partial charge in [0, 0.05) is 16.9 Å². The maximum Gasteiger partial charge on any atom is 0.213 e. The lowest BCUT2D eigenvalue weighted by Gasteiger charge is -2.04. The minimum Gasteiger partial charge on any atom is -0.544 e. The Morgan fingerprint density at radius 1 is 1.38 bits per heavy atom. The van der Waals surface area contributed by atoms with E-state index in [1.807, 2.05) is 6.92 Å². The van der Waals surface area contributed by atoms with Crippen molar-refractivity contribution in [3.8, 4) is 17.4 Å². The molecule has 0 saturated carbocycles. The number of nitrogens with one attached hydrogen (secondary N) is 1. The highest BCUT2D eigenvalue weighted by atomic mass is 32.2. The normalized spacial score (nSPS) is 11.3. The Labute approximate surface area is 153 Å². The number of rotatable bonds is 6. The van der Waals surface area contributed by atoms with Gasteiger partial charge in [0.15, 0.2) is 0 Å². The number of carboxylic acids is 1. The number of benzene rings is 1. The number of nitrogens with zero attached hydrogens (tertiary/aromatic N) is 3. The number of hydrogen-bond acceptors (Lipinski definition) is 7. The van der Waals surface area contributed by atoms with Gasteiger partial charge < -0.3 is 14.3 Å². The Kier molecular flexibility index (Phi) is 5.20. The largest absolute Gasteiger partial charge is 0.544 e. The van der Waals surface area contributed by atoms with Gasteiger partial charge >= 0.3 is 0 Å². The fourth-order valence-electron chi connectivity index (χ4n) is 2.21. The minimum absolute atomic E-state index is 0.0823. The molecular formula is C18H13N4O3S-. The van der Waals surface area contributed by atoms with E-state index in [1.54, 1.807) is 36.4 Å². The van der Waals surface area contributed by atoms with E-state index in [0.29, 0.717) is 40.0 Å². The van der Waals surface area contributed by atoms with Gasteiger partial charge in [-0.15, -0.1) is 5.10 Å². The molecule has 2 aromatic heterocycles. The second-order valence-corrected chi connectivity index (χ2v) is 6.18. The second-order valence-electron chi connectivity index (χ2n) is 5.18. The molecular weight excluding hydrogens is 352 g/mol. The molecule has 0 aliphatic heterocycles. The molecule has 2 heterocycles. The van der Waals surface area contributed by atoms with Crippen molar-refractivity contribution in [2.75, 3.05) is 0 Å². The van der Waals surface area contributed by atoms with Crippen molar-refractivity contribution in [3.63, 3.8) is 0 Å². The molecule has 0 aliphatic carbocycles. The molecule has 0 amide bonds. The Bertz CT molecular complexity index is 1010. The number of carbonyl (C=O) groups is 1. The van der Waals surface area contributed by atoms with Crippen LogP contribution in [0.2, 0.25) is 0 Å². The number of aryl methyl sites for hydroxylation is 1. The van der Waals surface area contributed by atoms with Crippen LogP contribution in [0.3, 0.4) is 0 Å². The fourth-order valence-corrected chi connectivity index (χ4v) is 2.91. The Morgan fingerprint density at radius 2 is 2.19 bits per heavy atom. The first kappa shape index (κ1) is 17.5. The van der Waals surface area contributed by atoms with Gasteiger partial charge in [0.2, 0.25) is 5.16 Å². The molecule has 0 unspecified atom stereocenters. The number of carbonyl (C=O) groups excluding carboxylic acids is 1. The highest BCUT2D eigenvalue weighted by Crippen LogP contribution is 2.29. The summed E-state index contributed by atoms with van der Waals surface area (Å²) in [5, 5.41) is 27.6. The predicted molar refractivity (Wildman–Crippen MR) is 93.5 cm³/mol. The smallest absolute Gasteiger partial charge is 0.213 e. The van der Waals surface area contributed by atoms with Gasteiger partial charge in [-0.2, -0.15) is 5.26 Å². The zero-order valence-corrected chi connectivity index (χ0v) is 14.5. The van der Waals surface area contributed by atoms with Gasteiger partial charge in [-0.25, -0.2) is 4.98 Å². The molecule has 0 fully saturated rings. The second kappa shape index (κ2) is 7.72. The standard InChI is InChI=1S/C18H14N4O3S/c1-2-16-20-18(22-21-16)26-15(17(23)24)9-12-7-8-14(25-12)13-6-4-3-5-11(13)10-19/h3-9H,2H2,1H3,(H,23,24)(H,20,21,22)/p-1/b15-9+. The van der Waals surface area contributed by atoms with Gasteiger partial charge in [0.25, 0.3) is 0 Å². The van der Waals surface area contributed by atoms with E-state index in [9.17, 15) is 15.2 Å². The topological polar surface area (TPSA) is 119 Å². The zero-order valence-electron chi connectivity index (χ0n) is 13.7. The molecule has 0 saturated heterocycles. The number of aromatic nitrogens is 3. The summed E-state index contributed by atoms with van der Waals surface area (Å²) in [6.45, 7) is 1.91. The number of carboxylic acid groups (broad SMARTS) is 1. The van der Waals surface area contributed by atoms with E-state index < -0.39 is 5.97 Å². The number of nitriles is 1. The Hall–Kier alpha value is -3.31. The van der Waals surface area contributed by atoms with E-state index >= 15 is 0 Å². The third-order valence-electron chi connectivity index (χ3n) is 3.46. The monoisotopic (exact) mass is 365 g/mol. The number of aromatic amines is 1. The van der Waals surface area contributed by atoms with Crippen LogP contribution in [-0.4, -0.2) is 21.2 Å². The molecule has 0 aliphatic rings. The average molecular weight is 365 g/mol. The molecule has 0 bridgehead atoms. The number of H-pyrrole nitrogens is 1. The van der Waals surface area contributed by atoms with Crippen molar-refractivity contribution in [3.05, 3.63) is 58.5 Å². The Balaban J connectivity index is 1.88. The van der Waals surface area contributed by atoms with Gasteiger partial charge in [-0.05, 0) is 42.1 Å². The van der Waals surface area contributed by atoms with Gasteiger partial charge in [0.05, 0.1) is 17.6 Å². The quantitative estimate of drug-likeness (QED) is 0.526. The molecule has 0 spiro atoms. The van der Waals surface area contributed by atoms with E-state index in [-0.39, 0.29) is 4.91 Å². The van der Waals surface area contributed by atoms with Crippen LogP contribution in [0.4, 0.5) is 0 Å². The van der Waals surface area contributed by atoms with E-state index in [2.05, 4.69) is 21.3 Å². The lowest BCUT2D eigenvalue weighted by atomic mass is 10.1. The molecule has 3 aromatic rings. The van der Waals surface area contributed by atoms with Crippen LogP contribution in [0.1, 0.15) is 24.1 Å². The average Bonchev–Trinajstić information content (AvgIpc) is 3.30. The van der Waals surface area contributed by atoms with Gasteiger partial charge in [-0.1, -0.05) is 19.1 Å². The summed E-state index contributed by atoms with van der Waals surface area (Å²) in [4.78, 5) is 15.5. The highest BCUT2D eigenvalue weighted by molar-refractivity contribution is 8.04. The summed E-state index contributed by atoms with van der Waals surface area (Å²) < 4.78 is 5.68. The summed E-state index contributed by atoms with van der Waals surface area (Å²) in [6.07, 6.45) is 2.01. The van der Waals surface area contributed by atoms with E-state index in [4.69, 9.17) is 4.42 Å². The molecule has 26 heavy (non-hydrogen) atoms. The third kappa shape index (κ3) is 3.84. The Morgan fingerprint density at radius 3 is 2.88 bits per heavy atom. The van der Waals surface area contributed by atoms with Crippen LogP contribution >= 0.6 is 11.8 Å². The zero-order chi connectivity index (χ0) is 18.5. The van der Waals surface area contributed by atoms with Crippen molar-refractivity contribution in [2.45, 2.75) is 18.5 Å². The lowest BCUT2D eigenvalue weighted by molar-refractivity contribution is -0.298. The molecule has 1 N–H and O–H groups in total. The number of furan rings is 1. The molecule has 8 heteroatoms. The van der Waals surface area contributed by atoms with Crippen LogP contribution in [0, 0.1) is 11.3 Å². The van der Waals surface area contributed by atoms with Crippen LogP contribution in [0.25, 0.3) is 17.4 Å². The summed E-state index contributed by atoms with van der Waals surface area (Å²) in [5.41, 5.74) is 1.11. The first-order chi connectivity index (χ1) is 12.6. The van der Waals surface area contributed by atoms with Crippen LogP contribution < -0.4 is 5.11 Å². The molecule has 0 radical (unpaired) electrons. The maximum atomic E-state index is 11.4. The highest BCUT2D eigenvalue weighted by Gasteiger charge is 2.11. The van der Waals surface area contributed by atoms with E-state index in [1.165, 1.54) is 6.08 Å². The van der Waals surface area contributed by atoms with Gasteiger partial charge in [-0.3, -0.25) is 5.10 Å². The number of thioether (sulfide) groups is 1. The number of aliphatic carboxylic acids is 1. The molecule has 7 nitrogen and oxygen atoms in total. The lowest BCUT2D eigenvalue weighted by Crippen LogP contribution is -2.23. The first-order valence-corrected chi connectivity index (χ1v) is 8.54. The summed E-state index contributed by atoms with van der Waals surface area (Å²) in [7, 11) is 0. The first-order valence-electron chi connectivity index (χ1n) is 7.72. The third-order valence-corrected chi connectivity index (χ3v) is 4.33. The van der Waals surface area contributed by atoms with Crippen molar-refractivity contribution in [2.24, 2.45) is 0 Å². The van der Waals surface area contributed by atoms with Crippen molar-refractivity contribution in [1.82, 2.24) is 15.2 Å². The van der Waals surface area contributed by atoms with Crippen molar-refractivity contribution in [1.29, 1.82) is 5.26 Å². The molecule has 130 valence electrons. The molecule has 3 rings (SSSR count). The van der Waals surface area contributed by atoms with Crippen molar-refractivity contribution < 1.29 is 14.3 Å². The predicted octanol–water partition coefficient (Wildman–Crippen LogP) is 2.38. The van der Waals surface area contributed by atoms with E-state index in [0.717, 1.165) is 11.8 Å². The SMILES string of the molecule is CCc1nc(S/C(=C/c2ccc(-c3ccccc3C#N)o2)C(=O)[O-])n[nH]1. The van der Waals surface area contributed by atoms with Crippen LogP contribution in [0.15, 0.2) is 50.9 Å². The summed E-state index contributed by atoms with van der Waals surface area (Å²) >= 11 is 0.874.